The van der Waals surface area contributed by atoms with Gasteiger partial charge in [0.05, 0.1) is 5.69 Å². The van der Waals surface area contributed by atoms with Gasteiger partial charge in [-0.2, -0.15) is 0 Å². The normalized spacial score (nSPS) is 19.7. The minimum absolute atomic E-state index is 0.227. The summed E-state index contributed by atoms with van der Waals surface area (Å²) in [6, 6.07) is 15.3. The van der Waals surface area contributed by atoms with E-state index in [0.29, 0.717) is 19.1 Å². The Bertz CT molecular complexity index is 886. The number of anilines is 1. The first-order valence-corrected chi connectivity index (χ1v) is 10.8. The first-order chi connectivity index (χ1) is 14.3. The van der Waals surface area contributed by atoms with Crippen LogP contribution in [0.25, 0.3) is 0 Å². The number of nitrogens with zero attached hydrogens (tertiary/aromatic N) is 4. The highest BCUT2D eigenvalue weighted by Crippen LogP contribution is 2.34. The van der Waals surface area contributed by atoms with E-state index in [1.165, 1.54) is 16.8 Å². The van der Waals surface area contributed by atoms with E-state index in [4.69, 9.17) is 9.72 Å². The maximum atomic E-state index is 12.3. The molecule has 0 bridgehead atoms. The first kappa shape index (κ1) is 20.7. The second-order valence-corrected chi connectivity index (χ2v) is 9.23. The zero-order valence-corrected chi connectivity index (χ0v) is 18.5. The number of benzene rings is 1. The van der Waals surface area contributed by atoms with Gasteiger partial charge in [-0.15, -0.1) is 0 Å². The number of piperazine rings is 1. The molecule has 1 atom stereocenters. The molecule has 1 aromatic heterocycles. The minimum atomic E-state index is -0.460. The molecule has 0 N–H and O–H groups in total. The number of rotatable bonds is 3. The third-order valence-corrected chi connectivity index (χ3v) is 5.83. The number of fused-ring (bicyclic) bond motifs is 1. The van der Waals surface area contributed by atoms with Crippen molar-refractivity contribution in [3.05, 3.63) is 59.3 Å². The van der Waals surface area contributed by atoms with Crippen LogP contribution in [0.3, 0.4) is 0 Å². The summed E-state index contributed by atoms with van der Waals surface area (Å²) in [5.41, 5.74) is 3.36. The maximum absolute atomic E-state index is 12.3. The van der Waals surface area contributed by atoms with Crippen molar-refractivity contribution in [2.45, 2.75) is 52.4 Å². The van der Waals surface area contributed by atoms with Gasteiger partial charge in [0.2, 0.25) is 0 Å². The predicted octanol–water partition coefficient (Wildman–Crippen LogP) is 4.22. The SMILES string of the molecule is CC1c2ccc(N3CCN(C(=O)OC(C)(C)C)CC3)nc2CN1Cc1ccccc1. The molecule has 6 nitrogen and oxygen atoms in total. The second-order valence-electron chi connectivity index (χ2n) is 9.23. The van der Waals surface area contributed by atoms with E-state index in [1.807, 2.05) is 20.8 Å². The average Bonchev–Trinajstić information content (AvgIpc) is 3.02. The van der Waals surface area contributed by atoms with Gasteiger partial charge in [-0.05, 0) is 44.9 Å². The molecule has 1 aromatic carbocycles. The summed E-state index contributed by atoms with van der Waals surface area (Å²) < 4.78 is 5.50. The van der Waals surface area contributed by atoms with Gasteiger partial charge in [-0.25, -0.2) is 9.78 Å². The fraction of sp³-hybridized carbons (Fsp3) is 0.500. The molecule has 1 fully saturated rings. The third-order valence-electron chi connectivity index (χ3n) is 5.83. The molecule has 0 saturated carbocycles. The molecule has 6 heteroatoms. The van der Waals surface area contributed by atoms with Crippen LogP contribution in [-0.4, -0.2) is 52.7 Å². The molecule has 4 rings (SSSR count). The molecule has 0 radical (unpaired) electrons. The third kappa shape index (κ3) is 4.59. The molecule has 1 saturated heterocycles. The smallest absolute Gasteiger partial charge is 0.410 e. The molecule has 2 aromatic rings. The second kappa shape index (κ2) is 8.26. The average molecular weight is 409 g/mol. The van der Waals surface area contributed by atoms with E-state index in [-0.39, 0.29) is 6.09 Å². The van der Waals surface area contributed by atoms with Crippen molar-refractivity contribution >= 4 is 11.9 Å². The van der Waals surface area contributed by atoms with Gasteiger partial charge in [0.1, 0.15) is 11.4 Å². The monoisotopic (exact) mass is 408 g/mol. The number of carbonyl (C=O) groups excluding carboxylic acids is 1. The lowest BCUT2D eigenvalue weighted by atomic mass is 10.1. The Balaban J connectivity index is 1.38. The van der Waals surface area contributed by atoms with E-state index < -0.39 is 5.60 Å². The van der Waals surface area contributed by atoms with Crippen molar-refractivity contribution in [1.29, 1.82) is 0 Å². The highest BCUT2D eigenvalue weighted by atomic mass is 16.6. The zero-order valence-electron chi connectivity index (χ0n) is 18.5. The summed E-state index contributed by atoms with van der Waals surface area (Å²) in [4.78, 5) is 23.8. The summed E-state index contributed by atoms with van der Waals surface area (Å²) in [5, 5.41) is 0. The van der Waals surface area contributed by atoms with Crippen molar-refractivity contribution in [3.63, 3.8) is 0 Å². The summed E-state index contributed by atoms with van der Waals surface area (Å²) in [6.07, 6.45) is -0.227. The van der Waals surface area contributed by atoms with E-state index in [0.717, 1.165) is 32.0 Å². The number of ether oxygens (including phenoxy) is 1. The molecule has 1 amide bonds. The van der Waals surface area contributed by atoms with Crippen LogP contribution in [0.1, 0.15) is 50.6 Å². The number of hydrogen-bond acceptors (Lipinski definition) is 5. The van der Waals surface area contributed by atoms with Crippen LogP contribution in [0.4, 0.5) is 10.6 Å². The Morgan fingerprint density at radius 2 is 1.77 bits per heavy atom. The van der Waals surface area contributed by atoms with Crippen molar-refractivity contribution < 1.29 is 9.53 Å². The topological polar surface area (TPSA) is 48.9 Å². The number of aromatic nitrogens is 1. The van der Waals surface area contributed by atoms with E-state index in [1.54, 1.807) is 4.90 Å². The first-order valence-electron chi connectivity index (χ1n) is 10.8. The van der Waals surface area contributed by atoms with Crippen LogP contribution in [0.2, 0.25) is 0 Å². The van der Waals surface area contributed by atoms with E-state index in [2.05, 4.69) is 59.2 Å². The highest BCUT2D eigenvalue weighted by Gasteiger charge is 2.30. The molecular weight excluding hydrogens is 376 g/mol. The van der Waals surface area contributed by atoms with Crippen molar-refractivity contribution in [2.75, 3.05) is 31.1 Å². The van der Waals surface area contributed by atoms with Crippen molar-refractivity contribution in [1.82, 2.24) is 14.8 Å². The number of hydrogen-bond donors (Lipinski definition) is 0. The van der Waals surface area contributed by atoms with Gasteiger partial charge >= 0.3 is 6.09 Å². The largest absolute Gasteiger partial charge is 0.444 e. The summed E-state index contributed by atoms with van der Waals surface area (Å²) in [6.45, 7) is 12.6. The predicted molar refractivity (Wildman–Crippen MR) is 118 cm³/mol. The quantitative estimate of drug-likeness (QED) is 0.761. The van der Waals surface area contributed by atoms with Gasteiger partial charge in [0.15, 0.2) is 0 Å². The molecular formula is C24H32N4O2. The fourth-order valence-electron chi connectivity index (χ4n) is 4.17. The number of carbonyl (C=O) groups is 1. The van der Waals surface area contributed by atoms with Crippen molar-refractivity contribution in [2.24, 2.45) is 0 Å². The Hall–Kier alpha value is -2.60. The standard InChI is InChI=1S/C24H32N4O2/c1-18-20-10-11-22(25-21(20)17-28(18)16-19-8-6-5-7-9-19)26-12-14-27(15-13-26)23(29)30-24(2,3)4/h5-11,18H,12-17H2,1-4H3. The van der Waals surface area contributed by atoms with Crippen LogP contribution in [0.15, 0.2) is 42.5 Å². The van der Waals surface area contributed by atoms with Crippen LogP contribution >= 0.6 is 0 Å². The van der Waals surface area contributed by atoms with Gasteiger partial charge < -0.3 is 14.5 Å². The van der Waals surface area contributed by atoms with E-state index >= 15 is 0 Å². The van der Waals surface area contributed by atoms with Crippen LogP contribution in [0.5, 0.6) is 0 Å². The Morgan fingerprint density at radius 3 is 2.43 bits per heavy atom. The molecule has 1 unspecified atom stereocenters. The molecule has 160 valence electrons. The molecule has 30 heavy (non-hydrogen) atoms. The molecule has 3 heterocycles. The van der Waals surface area contributed by atoms with Crippen LogP contribution in [-0.2, 0) is 17.8 Å². The molecule has 2 aliphatic rings. The van der Waals surface area contributed by atoms with Gasteiger partial charge in [-0.3, -0.25) is 4.90 Å². The summed E-state index contributed by atoms with van der Waals surface area (Å²) in [7, 11) is 0. The summed E-state index contributed by atoms with van der Waals surface area (Å²) >= 11 is 0. The lowest BCUT2D eigenvalue weighted by Crippen LogP contribution is -2.50. The summed E-state index contributed by atoms with van der Waals surface area (Å²) in [5.74, 6) is 1.01. The van der Waals surface area contributed by atoms with Crippen molar-refractivity contribution in [3.8, 4) is 0 Å². The molecule has 0 aliphatic carbocycles. The molecule has 0 spiro atoms. The molecule has 2 aliphatic heterocycles. The number of pyridine rings is 1. The van der Waals surface area contributed by atoms with Crippen LogP contribution in [0, 0.1) is 0 Å². The van der Waals surface area contributed by atoms with Crippen LogP contribution < -0.4 is 4.90 Å². The Morgan fingerprint density at radius 1 is 1.07 bits per heavy atom. The minimum Gasteiger partial charge on any atom is -0.444 e. The number of amides is 1. The highest BCUT2D eigenvalue weighted by molar-refractivity contribution is 5.68. The van der Waals surface area contributed by atoms with Gasteiger partial charge in [0, 0.05) is 45.3 Å². The van der Waals surface area contributed by atoms with E-state index in [9.17, 15) is 4.79 Å². The Kier molecular flexibility index (Phi) is 5.69. The zero-order chi connectivity index (χ0) is 21.3. The van der Waals surface area contributed by atoms with Gasteiger partial charge in [0.25, 0.3) is 0 Å². The lowest BCUT2D eigenvalue weighted by Gasteiger charge is -2.36. The lowest BCUT2D eigenvalue weighted by molar-refractivity contribution is 0.0240. The fourth-order valence-corrected chi connectivity index (χ4v) is 4.17. The Labute approximate surface area is 179 Å². The van der Waals surface area contributed by atoms with Gasteiger partial charge in [-0.1, -0.05) is 36.4 Å². The maximum Gasteiger partial charge on any atom is 0.410 e.